The molecule has 0 atom stereocenters. The number of aromatic nitrogens is 5. The van der Waals surface area contributed by atoms with Gasteiger partial charge in [0.15, 0.2) is 17.5 Å². The molecule has 7 nitrogen and oxygen atoms in total. The van der Waals surface area contributed by atoms with Gasteiger partial charge in [0.05, 0.1) is 62.3 Å². The summed E-state index contributed by atoms with van der Waals surface area (Å²) < 4.78 is 53.0. The Balaban J connectivity index is 1.14. The zero-order chi connectivity index (χ0) is 51.5. The second-order valence-corrected chi connectivity index (χ2v) is 18.5. The lowest BCUT2D eigenvalue weighted by atomic mass is 9.93. The minimum Gasteiger partial charge on any atom is -0.309 e. The van der Waals surface area contributed by atoms with Crippen molar-refractivity contribution in [1.82, 2.24) is 24.1 Å². The van der Waals surface area contributed by atoms with E-state index in [0.717, 1.165) is 72.0 Å². The van der Waals surface area contributed by atoms with Crippen LogP contribution in [0.5, 0.6) is 0 Å². The highest BCUT2D eigenvalue weighted by Gasteiger charge is 2.37. The van der Waals surface area contributed by atoms with Crippen LogP contribution in [0.25, 0.3) is 123 Å². The van der Waals surface area contributed by atoms with Crippen LogP contribution in [0.2, 0.25) is 0 Å². The Hall–Kier alpha value is -10.4. The van der Waals surface area contributed by atoms with Gasteiger partial charge in [-0.15, -0.1) is 0 Å². The Kier molecular flexibility index (Phi) is 10.9. The first-order valence-corrected chi connectivity index (χ1v) is 24.5. The number of nitrogens with zero attached hydrogens (tertiary/aromatic N) is 7. The zero-order valence-electron chi connectivity index (χ0n) is 40.2. The van der Waals surface area contributed by atoms with E-state index < -0.39 is 11.7 Å². The molecule has 0 aliphatic heterocycles. The molecule has 0 unspecified atom stereocenters. The lowest BCUT2D eigenvalue weighted by Gasteiger charge is -2.23. The van der Waals surface area contributed by atoms with Gasteiger partial charge in [-0.05, 0) is 101 Å². The third-order valence-electron chi connectivity index (χ3n) is 14.1. The van der Waals surface area contributed by atoms with Crippen molar-refractivity contribution in [2.75, 3.05) is 0 Å². The maximum atomic E-state index is 16.3. The smallest absolute Gasteiger partial charge is 0.309 e. The molecule has 0 bridgehead atoms. The lowest BCUT2D eigenvalue weighted by Crippen LogP contribution is -2.11. The van der Waals surface area contributed by atoms with Crippen molar-refractivity contribution in [1.29, 1.82) is 10.5 Å². The highest BCUT2D eigenvalue weighted by Crippen LogP contribution is 2.48. The van der Waals surface area contributed by atoms with Gasteiger partial charge in [-0.3, -0.25) is 0 Å². The summed E-state index contributed by atoms with van der Waals surface area (Å²) >= 11 is 0. The fourth-order valence-corrected chi connectivity index (χ4v) is 10.7. The molecular weight excluding hydrogens is 948 g/mol. The summed E-state index contributed by atoms with van der Waals surface area (Å²) in [5.41, 5.74) is 9.21. The summed E-state index contributed by atoms with van der Waals surface area (Å²) in [6.07, 6.45) is -4.83. The number of halogens is 3. The van der Waals surface area contributed by atoms with Gasteiger partial charge in [0, 0.05) is 49.4 Å². The fourth-order valence-electron chi connectivity index (χ4n) is 10.7. The average molecular weight is 986 g/mol. The Bertz CT molecular complexity index is 4480. The van der Waals surface area contributed by atoms with Gasteiger partial charge >= 0.3 is 6.18 Å². The van der Waals surface area contributed by atoms with Crippen LogP contribution in [0.1, 0.15) is 16.7 Å². The second-order valence-electron chi connectivity index (χ2n) is 18.5. The molecule has 0 fully saturated rings. The van der Waals surface area contributed by atoms with Gasteiger partial charge in [-0.1, -0.05) is 152 Å². The predicted molar refractivity (Wildman–Crippen MR) is 296 cm³/mol. The van der Waals surface area contributed by atoms with Crippen LogP contribution in [0.4, 0.5) is 13.2 Å². The van der Waals surface area contributed by atoms with E-state index in [-0.39, 0.29) is 17.0 Å². The molecule has 0 aliphatic carbocycles. The number of rotatable bonds is 8. The number of para-hydroxylation sites is 2. The summed E-state index contributed by atoms with van der Waals surface area (Å²) in [6, 6.07) is 75.9. The summed E-state index contributed by atoms with van der Waals surface area (Å²) in [7, 11) is 0. The number of hydrogen-bond donors (Lipinski definition) is 0. The third kappa shape index (κ3) is 7.64. The second kappa shape index (κ2) is 18.3. The van der Waals surface area contributed by atoms with Crippen molar-refractivity contribution >= 4 is 43.6 Å². The molecule has 76 heavy (non-hydrogen) atoms. The average Bonchev–Trinajstić information content (AvgIpc) is 3.99. The van der Waals surface area contributed by atoms with E-state index in [9.17, 15) is 10.5 Å². The topological polar surface area (TPSA) is 96.1 Å². The number of nitriles is 2. The van der Waals surface area contributed by atoms with Crippen LogP contribution in [-0.2, 0) is 6.18 Å². The minimum atomic E-state index is -4.83. The van der Waals surface area contributed by atoms with E-state index in [1.54, 1.807) is 24.3 Å². The van der Waals surface area contributed by atoms with Crippen LogP contribution in [0, 0.1) is 22.7 Å². The van der Waals surface area contributed by atoms with Gasteiger partial charge in [0.25, 0.3) is 0 Å². The Morgan fingerprint density at radius 3 is 1.29 bits per heavy atom. The SMILES string of the molecule is N#Cc1ccccc1-c1ccc2c(c1)c1ccccc1n2-c1ccc(-c2nc(-c3ccccc3)nc(-c3ccccc3)n2)cc1-c1c(-n2c3ccccc3c3cc(-c4ccccc4C#N)ccc32)cccc1C(F)(F)F. The monoisotopic (exact) mass is 985 g/mol. The molecule has 10 aromatic carbocycles. The van der Waals surface area contributed by atoms with E-state index in [1.807, 2.05) is 197 Å². The molecule has 0 spiro atoms. The largest absolute Gasteiger partial charge is 0.417 e. The molecule has 13 aromatic rings. The number of benzene rings is 10. The van der Waals surface area contributed by atoms with Crippen molar-refractivity contribution in [2.24, 2.45) is 0 Å². The van der Waals surface area contributed by atoms with E-state index in [4.69, 9.17) is 15.0 Å². The third-order valence-corrected chi connectivity index (χ3v) is 14.1. The van der Waals surface area contributed by atoms with Crippen molar-refractivity contribution in [3.8, 4) is 91.1 Å². The lowest BCUT2D eigenvalue weighted by molar-refractivity contribution is -0.137. The van der Waals surface area contributed by atoms with Crippen LogP contribution in [-0.4, -0.2) is 24.1 Å². The van der Waals surface area contributed by atoms with E-state index >= 15 is 13.2 Å². The van der Waals surface area contributed by atoms with Gasteiger partial charge in [-0.25, -0.2) is 15.0 Å². The first-order chi connectivity index (χ1) is 37.2. The molecule has 0 radical (unpaired) electrons. The summed E-state index contributed by atoms with van der Waals surface area (Å²) in [5, 5.41) is 23.6. The molecule has 358 valence electrons. The molecule has 10 heteroatoms. The number of hydrogen-bond acceptors (Lipinski definition) is 5. The summed E-state index contributed by atoms with van der Waals surface area (Å²) in [4.78, 5) is 15.0. The molecule has 0 amide bonds. The van der Waals surface area contributed by atoms with Gasteiger partial charge < -0.3 is 9.13 Å². The van der Waals surface area contributed by atoms with Gasteiger partial charge in [0.2, 0.25) is 0 Å². The minimum absolute atomic E-state index is 0.0560. The van der Waals surface area contributed by atoms with Crippen molar-refractivity contribution in [3.63, 3.8) is 0 Å². The van der Waals surface area contributed by atoms with Crippen molar-refractivity contribution < 1.29 is 13.2 Å². The van der Waals surface area contributed by atoms with Crippen LogP contribution in [0.15, 0.2) is 231 Å². The molecule has 0 saturated heterocycles. The summed E-state index contributed by atoms with van der Waals surface area (Å²) in [6.45, 7) is 0. The fraction of sp³-hybridized carbons (Fsp3) is 0.0152. The first kappa shape index (κ1) is 45.4. The molecule has 3 heterocycles. The van der Waals surface area contributed by atoms with Gasteiger partial charge in [0.1, 0.15) is 0 Å². The standard InChI is InChI=1S/C66H38F3N7/c67-66(68,69)55-26-15-29-61(76-57-28-14-12-25-51(57)53-37-44(31-34-59(53)76)49-23-10-8-21-47(49)40-71)62(55)54-38-45(65-73-63(41-16-3-1-4-17-41)72-64(74-65)42-18-5-2-6-19-42)32-35-60(54)75-56-27-13-11-24-50(56)52-36-43(30-33-58(52)75)48-22-9-7-20-46(48)39-70/h1-38H. The van der Waals surface area contributed by atoms with Crippen molar-refractivity contribution in [3.05, 3.63) is 247 Å². The Morgan fingerprint density at radius 1 is 0.342 bits per heavy atom. The quantitative estimate of drug-likeness (QED) is 0.151. The molecule has 3 aromatic heterocycles. The molecule has 0 saturated carbocycles. The summed E-state index contributed by atoms with van der Waals surface area (Å²) in [5.74, 6) is 1.09. The normalized spacial score (nSPS) is 11.6. The van der Waals surface area contributed by atoms with Crippen LogP contribution in [0.3, 0.4) is 0 Å². The molecule has 13 rings (SSSR count). The van der Waals surface area contributed by atoms with Crippen LogP contribution >= 0.6 is 0 Å². The molecular formula is C66H38F3N7. The maximum absolute atomic E-state index is 16.3. The first-order valence-electron chi connectivity index (χ1n) is 24.5. The zero-order valence-corrected chi connectivity index (χ0v) is 40.2. The highest BCUT2D eigenvalue weighted by molar-refractivity contribution is 6.13. The molecule has 0 N–H and O–H groups in total. The van der Waals surface area contributed by atoms with Crippen LogP contribution < -0.4 is 0 Å². The van der Waals surface area contributed by atoms with E-state index in [0.29, 0.717) is 50.7 Å². The van der Waals surface area contributed by atoms with E-state index in [1.165, 1.54) is 6.07 Å². The highest BCUT2D eigenvalue weighted by atomic mass is 19.4. The van der Waals surface area contributed by atoms with Gasteiger partial charge in [-0.2, -0.15) is 23.7 Å². The van der Waals surface area contributed by atoms with E-state index in [2.05, 4.69) is 18.2 Å². The maximum Gasteiger partial charge on any atom is 0.417 e. The Morgan fingerprint density at radius 2 is 0.776 bits per heavy atom. The number of alkyl halides is 3. The van der Waals surface area contributed by atoms with Crippen molar-refractivity contribution in [2.45, 2.75) is 6.18 Å². The Labute approximate surface area is 433 Å². The molecule has 0 aliphatic rings. The predicted octanol–water partition coefficient (Wildman–Crippen LogP) is 16.8. The number of fused-ring (bicyclic) bond motifs is 6.